The summed E-state index contributed by atoms with van der Waals surface area (Å²) >= 11 is 0. The molecular weight excluding hydrogens is 184 g/mol. The summed E-state index contributed by atoms with van der Waals surface area (Å²) in [6.45, 7) is 7.10. The number of nitrogens with one attached hydrogen (secondary N) is 1. The van der Waals surface area contributed by atoms with Crippen LogP contribution in [0.2, 0.25) is 0 Å². The van der Waals surface area contributed by atoms with Gasteiger partial charge in [-0.1, -0.05) is 19.8 Å². The number of rotatable bonds is 7. The van der Waals surface area contributed by atoms with Crippen LogP contribution in [0.4, 0.5) is 0 Å². The van der Waals surface area contributed by atoms with E-state index in [1.165, 1.54) is 45.1 Å². The van der Waals surface area contributed by atoms with Gasteiger partial charge in [0.15, 0.2) is 0 Å². The minimum absolute atomic E-state index is 0.770. The van der Waals surface area contributed by atoms with E-state index in [4.69, 9.17) is 0 Å². The lowest BCUT2D eigenvalue weighted by Gasteiger charge is -2.33. The molecule has 0 aromatic heterocycles. The molecular formula is C13H28N2. The summed E-state index contributed by atoms with van der Waals surface area (Å²) in [6.07, 6.45) is 8.41. The molecule has 1 saturated carbocycles. The van der Waals surface area contributed by atoms with E-state index in [9.17, 15) is 0 Å². The molecule has 1 unspecified atom stereocenters. The number of hydrogen-bond acceptors (Lipinski definition) is 2. The van der Waals surface area contributed by atoms with Gasteiger partial charge in [-0.15, -0.1) is 0 Å². The Balaban J connectivity index is 2.28. The average molecular weight is 212 g/mol. The smallest absolute Gasteiger partial charge is 0.00979 e. The van der Waals surface area contributed by atoms with Gasteiger partial charge in [0, 0.05) is 12.1 Å². The molecule has 0 aromatic carbocycles. The Morgan fingerprint density at radius 2 is 2.00 bits per heavy atom. The van der Waals surface area contributed by atoms with Crippen LogP contribution in [0.3, 0.4) is 0 Å². The summed E-state index contributed by atoms with van der Waals surface area (Å²) in [5, 5.41) is 3.23. The summed E-state index contributed by atoms with van der Waals surface area (Å²) < 4.78 is 0. The van der Waals surface area contributed by atoms with Gasteiger partial charge in [-0.3, -0.25) is 4.90 Å². The first-order chi connectivity index (χ1) is 7.29. The third-order valence-corrected chi connectivity index (χ3v) is 3.77. The first-order valence-electron chi connectivity index (χ1n) is 6.70. The highest BCUT2D eigenvalue weighted by atomic mass is 15.2. The molecule has 1 aliphatic rings. The molecule has 2 heteroatoms. The van der Waals surface area contributed by atoms with Crippen LogP contribution in [-0.2, 0) is 0 Å². The van der Waals surface area contributed by atoms with E-state index in [1.807, 2.05) is 7.05 Å². The zero-order valence-corrected chi connectivity index (χ0v) is 10.8. The second kappa shape index (κ2) is 7.24. The topological polar surface area (TPSA) is 15.3 Å². The Kier molecular flexibility index (Phi) is 6.26. The van der Waals surface area contributed by atoms with E-state index in [0.29, 0.717) is 0 Å². The van der Waals surface area contributed by atoms with Crippen LogP contribution in [0.5, 0.6) is 0 Å². The van der Waals surface area contributed by atoms with Crippen molar-refractivity contribution in [3.63, 3.8) is 0 Å². The van der Waals surface area contributed by atoms with Crippen molar-refractivity contribution in [1.29, 1.82) is 0 Å². The second-order valence-corrected chi connectivity index (χ2v) is 4.86. The standard InChI is InChI=1S/C13H28N2/c1-4-15(13-9-5-6-10-13)12(2)8-7-11-14-3/h12-14H,4-11H2,1-3H3. The summed E-state index contributed by atoms with van der Waals surface area (Å²) in [6, 6.07) is 1.66. The summed E-state index contributed by atoms with van der Waals surface area (Å²) in [5.74, 6) is 0. The van der Waals surface area contributed by atoms with Gasteiger partial charge in [0.25, 0.3) is 0 Å². The van der Waals surface area contributed by atoms with E-state index >= 15 is 0 Å². The van der Waals surface area contributed by atoms with Crippen LogP contribution in [0.25, 0.3) is 0 Å². The highest BCUT2D eigenvalue weighted by Crippen LogP contribution is 2.25. The van der Waals surface area contributed by atoms with Crippen molar-refractivity contribution >= 4 is 0 Å². The SMILES string of the molecule is CCN(C(C)CCCNC)C1CCCC1. The predicted molar refractivity (Wildman–Crippen MR) is 67.3 cm³/mol. The van der Waals surface area contributed by atoms with E-state index in [0.717, 1.165) is 18.6 Å². The molecule has 0 amide bonds. The molecule has 0 heterocycles. The summed E-state index contributed by atoms with van der Waals surface area (Å²) in [7, 11) is 2.04. The van der Waals surface area contributed by atoms with Crippen molar-refractivity contribution in [1.82, 2.24) is 10.2 Å². The molecule has 0 aliphatic heterocycles. The summed E-state index contributed by atoms with van der Waals surface area (Å²) in [4.78, 5) is 2.72. The molecule has 90 valence electrons. The molecule has 2 nitrogen and oxygen atoms in total. The summed E-state index contributed by atoms with van der Waals surface area (Å²) in [5.41, 5.74) is 0. The van der Waals surface area contributed by atoms with Gasteiger partial charge in [-0.2, -0.15) is 0 Å². The Morgan fingerprint density at radius 3 is 2.53 bits per heavy atom. The fourth-order valence-corrected chi connectivity index (χ4v) is 2.91. The van der Waals surface area contributed by atoms with E-state index < -0.39 is 0 Å². The van der Waals surface area contributed by atoms with Gasteiger partial charge in [-0.05, 0) is 52.7 Å². The van der Waals surface area contributed by atoms with Gasteiger partial charge >= 0.3 is 0 Å². The third-order valence-electron chi connectivity index (χ3n) is 3.77. The first-order valence-corrected chi connectivity index (χ1v) is 6.70. The van der Waals surface area contributed by atoms with Crippen molar-refractivity contribution in [2.75, 3.05) is 20.1 Å². The highest BCUT2D eigenvalue weighted by molar-refractivity contribution is 4.80. The molecule has 1 fully saturated rings. The Morgan fingerprint density at radius 1 is 1.33 bits per heavy atom. The molecule has 0 aromatic rings. The number of hydrogen-bond donors (Lipinski definition) is 1. The Bertz CT molecular complexity index is 153. The minimum atomic E-state index is 0.770. The largest absolute Gasteiger partial charge is 0.320 e. The van der Waals surface area contributed by atoms with Crippen molar-refractivity contribution in [3.05, 3.63) is 0 Å². The molecule has 15 heavy (non-hydrogen) atoms. The molecule has 0 spiro atoms. The van der Waals surface area contributed by atoms with E-state index in [-0.39, 0.29) is 0 Å². The predicted octanol–water partition coefficient (Wildman–Crippen LogP) is 2.64. The molecule has 0 radical (unpaired) electrons. The van der Waals surface area contributed by atoms with Crippen molar-refractivity contribution in [3.8, 4) is 0 Å². The lowest BCUT2D eigenvalue weighted by Crippen LogP contribution is -2.40. The quantitative estimate of drug-likeness (QED) is 0.653. The second-order valence-electron chi connectivity index (χ2n) is 4.86. The van der Waals surface area contributed by atoms with E-state index in [1.54, 1.807) is 0 Å². The van der Waals surface area contributed by atoms with Crippen LogP contribution in [0, 0.1) is 0 Å². The lowest BCUT2D eigenvalue weighted by atomic mass is 10.1. The molecule has 1 N–H and O–H groups in total. The van der Waals surface area contributed by atoms with Crippen LogP contribution in [0.15, 0.2) is 0 Å². The highest BCUT2D eigenvalue weighted by Gasteiger charge is 2.24. The van der Waals surface area contributed by atoms with Crippen molar-refractivity contribution < 1.29 is 0 Å². The fraction of sp³-hybridized carbons (Fsp3) is 1.00. The maximum atomic E-state index is 3.23. The molecule has 1 atom stereocenters. The molecule has 0 saturated heterocycles. The van der Waals surface area contributed by atoms with Crippen molar-refractivity contribution in [2.45, 2.75) is 64.5 Å². The monoisotopic (exact) mass is 212 g/mol. The van der Waals surface area contributed by atoms with Gasteiger partial charge in [0.1, 0.15) is 0 Å². The Hall–Kier alpha value is -0.0800. The van der Waals surface area contributed by atoms with E-state index in [2.05, 4.69) is 24.1 Å². The van der Waals surface area contributed by atoms with Crippen LogP contribution in [0.1, 0.15) is 52.4 Å². The molecule has 0 bridgehead atoms. The fourth-order valence-electron chi connectivity index (χ4n) is 2.91. The lowest BCUT2D eigenvalue weighted by molar-refractivity contribution is 0.145. The van der Waals surface area contributed by atoms with Gasteiger partial charge < -0.3 is 5.32 Å². The van der Waals surface area contributed by atoms with Gasteiger partial charge in [-0.25, -0.2) is 0 Å². The third kappa shape index (κ3) is 4.12. The average Bonchev–Trinajstić information content (AvgIpc) is 2.73. The van der Waals surface area contributed by atoms with Crippen LogP contribution < -0.4 is 5.32 Å². The number of nitrogens with zero attached hydrogens (tertiary/aromatic N) is 1. The van der Waals surface area contributed by atoms with Gasteiger partial charge in [0.05, 0.1) is 0 Å². The maximum absolute atomic E-state index is 3.23. The first kappa shape index (κ1) is 13.0. The zero-order chi connectivity index (χ0) is 11.1. The minimum Gasteiger partial charge on any atom is -0.320 e. The van der Waals surface area contributed by atoms with Crippen LogP contribution >= 0.6 is 0 Å². The van der Waals surface area contributed by atoms with Gasteiger partial charge in [0.2, 0.25) is 0 Å². The Labute approximate surface area is 95.4 Å². The van der Waals surface area contributed by atoms with Crippen LogP contribution in [-0.4, -0.2) is 37.1 Å². The molecule has 1 aliphatic carbocycles. The zero-order valence-electron chi connectivity index (χ0n) is 10.8. The van der Waals surface area contributed by atoms with Crippen molar-refractivity contribution in [2.24, 2.45) is 0 Å². The normalized spacial score (nSPS) is 20.0. The molecule has 1 rings (SSSR count). The maximum Gasteiger partial charge on any atom is 0.00979 e.